The van der Waals surface area contributed by atoms with Crippen LogP contribution in [0.2, 0.25) is 0 Å². The second-order valence-corrected chi connectivity index (χ2v) is 19.9. The molecule has 1 heterocycles. The highest BCUT2D eigenvalue weighted by Crippen LogP contribution is 2.80. The number of ether oxygens (including phenoxy) is 6. The van der Waals surface area contributed by atoms with Crippen molar-refractivity contribution in [1.82, 2.24) is 4.90 Å². The molecule has 1 spiro atoms. The molecule has 6 aliphatic rings. The number of piperidine rings is 1. The van der Waals surface area contributed by atoms with Crippen molar-refractivity contribution in [2.75, 3.05) is 48.6 Å². The Kier molecular flexibility index (Phi) is 15.0. The monoisotopic (exact) mass is 856 g/mol. The molecule has 1 aromatic carbocycles. The summed E-state index contributed by atoms with van der Waals surface area (Å²) in [5.41, 5.74) is -4.83. The van der Waals surface area contributed by atoms with Gasteiger partial charge in [-0.15, -0.1) is 0 Å². The molecule has 0 radical (unpaired) electrons. The van der Waals surface area contributed by atoms with Crippen LogP contribution in [-0.4, -0.2) is 135 Å². The molecule has 12 nitrogen and oxygen atoms in total. The summed E-state index contributed by atoms with van der Waals surface area (Å²) in [5, 5.41) is 38.2. The number of hydrogen-bond donors (Lipinski definition) is 3. The van der Waals surface area contributed by atoms with Crippen LogP contribution in [0.25, 0.3) is 0 Å². The third-order valence-corrected chi connectivity index (χ3v) is 16.8. The molecule has 1 aromatic rings. The Morgan fingerprint density at radius 2 is 1.39 bits per heavy atom. The maximum Gasteiger partial charge on any atom is 0.338 e. The molecule has 0 aromatic heterocycles. The maximum absolute atomic E-state index is 14.5. The van der Waals surface area contributed by atoms with E-state index >= 15 is 0 Å². The second-order valence-electron chi connectivity index (χ2n) is 19.9. The number of fused-ring (bicyclic) bond motifs is 2. The Balaban J connectivity index is 1.16. The highest BCUT2D eigenvalue weighted by molar-refractivity contribution is 5.89. The van der Waals surface area contributed by atoms with E-state index in [1.165, 1.54) is 77.7 Å². The average molecular weight is 856 g/mol. The summed E-state index contributed by atoms with van der Waals surface area (Å²) in [7, 11) is 8.40. The minimum Gasteiger partial charge on any atom is -0.455 e. The Morgan fingerprint density at radius 1 is 0.787 bits per heavy atom. The predicted octanol–water partition coefficient (Wildman–Crippen LogP) is 6.50. The molecular formula is C49H77NO11. The average Bonchev–Trinajstić information content (AvgIpc) is 3.64. The van der Waals surface area contributed by atoms with E-state index in [0.717, 1.165) is 19.3 Å². The maximum atomic E-state index is 14.5. The van der Waals surface area contributed by atoms with Gasteiger partial charge in [0.15, 0.2) is 5.60 Å². The van der Waals surface area contributed by atoms with Gasteiger partial charge in [0, 0.05) is 82.5 Å². The van der Waals surface area contributed by atoms with E-state index in [2.05, 4.69) is 11.8 Å². The SMILES string of the molecule is CCCCCCCCCCCCCCCCCC(=O)O[C@@]12C3C(OC)C4[C@@]5(COC)CN(C)C3[C@@]4(C3C[C@@](O)(C(OC(=O)c4ccccc4)C31)[C@@H](OC)C2O)[C@@H](OC)C[C@H]5O. The van der Waals surface area contributed by atoms with Gasteiger partial charge in [-0.25, -0.2) is 4.79 Å². The highest BCUT2D eigenvalue weighted by Gasteiger charge is 2.92. The van der Waals surface area contributed by atoms with Crippen LogP contribution >= 0.6 is 0 Å². The van der Waals surface area contributed by atoms with E-state index in [1.54, 1.807) is 45.6 Å². The molecule has 61 heavy (non-hydrogen) atoms. The molecule has 8 unspecified atom stereocenters. The number of rotatable bonds is 24. The van der Waals surface area contributed by atoms with Crippen LogP contribution in [0.15, 0.2) is 30.3 Å². The molecule has 3 N–H and O–H groups in total. The molecule has 1 saturated heterocycles. The lowest BCUT2D eigenvalue weighted by Gasteiger charge is -2.70. The van der Waals surface area contributed by atoms with E-state index in [4.69, 9.17) is 28.4 Å². The van der Waals surface area contributed by atoms with Crippen LogP contribution in [0, 0.1) is 34.5 Å². The number of benzene rings is 1. The van der Waals surface area contributed by atoms with E-state index in [0.29, 0.717) is 24.9 Å². The van der Waals surface area contributed by atoms with E-state index in [-0.39, 0.29) is 31.4 Å². The second kappa shape index (κ2) is 19.5. The van der Waals surface area contributed by atoms with Gasteiger partial charge in [0.25, 0.3) is 0 Å². The fourth-order valence-corrected chi connectivity index (χ4v) is 14.8. The molecule has 5 aliphatic carbocycles. The molecule has 7 bridgehead atoms. The van der Waals surface area contributed by atoms with Gasteiger partial charge in [-0.3, -0.25) is 4.79 Å². The lowest BCUT2D eigenvalue weighted by molar-refractivity contribution is -0.321. The molecule has 1 aliphatic heterocycles. The molecule has 0 amide bonds. The van der Waals surface area contributed by atoms with Crippen molar-refractivity contribution < 1.29 is 53.3 Å². The predicted molar refractivity (Wildman–Crippen MR) is 230 cm³/mol. The zero-order valence-corrected chi connectivity index (χ0v) is 37.9. The van der Waals surface area contributed by atoms with Crippen molar-refractivity contribution in [1.29, 1.82) is 0 Å². The third-order valence-electron chi connectivity index (χ3n) is 16.8. The Morgan fingerprint density at radius 3 is 1.95 bits per heavy atom. The van der Waals surface area contributed by atoms with Crippen LogP contribution in [0.4, 0.5) is 0 Å². The number of carbonyl (C=O) groups is 2. The summed E-state index contributed by atoms with van der Waals surface area (Å²) in [4.78, 5) is 30.8. The number of methoxy groups -OCH3 is 4. The van der Waals surface area contributed by atoms with E-state index in [9.17, 15) is 24.9 Å². The first-order valence-corrected chi connectivity index (χ1v) is 23.8. The van der Waals surface area contributed by atoms with Gasteiger partial charge in [-0.1, -0.05) is 115 Å². The quantitative estimate of drug-likeness (QED) is 0.0769. The van der Waals surface area contributed by atoms with Crippen LogP contribution in [-0.2, 0) is 33.2 Å². The van der Waals surface area contributed by atoms with Crippen LogP contribution in [0.5, 0.6) is 0 Å². The van der Waals surface area contributed by atoms with Crippen molar-refractivity contribution in [2.24, 2.45) is 34.5 Å². The zero-order valence-electron chi connectivity index (χ0n) is 37.9. The first-order chi connectivity index (χ1) is 29.5. The van der Waals surface area contributed by atoms with Crippen LogP contribution < -0.4 is 0 Å². The largest absolute Gasteiger partial charge is 0.455 e. The smallest absolute Gasteiger partial charge is 0.338 e. The van der Waals surface area contributed by atoms with Crippen molar-refractivity contribution in [3.63, 3.8) is 0 Å². The van der Waals surface area contributed by atoms with Gasteiger partial charge in [0.1, 0.15) is 23.9 Å². The van der Waals surface area contributed by atoms with Crippen molar-refractivity contribution in [3.8, 4) is 0 Å². The van der Waals surface area contributed by atoms with Crippen molar-refractivity contribution in [3.05, 3.63) is 35.9 Å². The Hall–Kier alpha value is -2.16. The van der Waals surface area contributed by atoms with Gasteiger partial charge < -0.3 is 48.6 Å². The number of aliphatic hydroxyl groups is 3. The Labute approximate surface area is 364 Å². The van der Waals surface area contributed by atoms with Crippen LogP contribution in [0.1, 0.15) is 133 Å². The van der Waals surface area contributed by atoms with Gasteiger partial charge in [0.2, 0.25) is 0 Å². The topological polar surface area (TPSA) is 153 Å². The summed E-state index contributed by atoms with van der Waals surface area (Å²) >= 11 is 0. The number of esters is 2. The Bertz CT molecular complexity index is 1620. The van der Waals surface area contributed by atoms with Gasteiger partial charge >= 0.3 is 11.9 Å². The molecule has 6 fully saturated rings. The minimum absolute atomic E-state index is 0.0847. The van der Waals surface area contributed by atoms with Gasteiger partial charge in [0.05, 0.1) is 30.5 Å². The molecule has 344 valence electrons. The van der Waals surface area contributed by atoms with Crippen molar-refractivity contribution in [2.45, 2.75) is 176 Å². The van der Waals surface area contributed by atoms with E-state index in [1.807, 2.05) is 13.1 Å². The number of hydrogen-bond acceptors (Lipinski definition) is 12. The normalized spacial score (nSPS) is 40.6. The minimum atomic E-state index is -1.84. The summed E-state index contributed by atoms with van der Waals surface area (Å²) in [6, 6.07) is 8.29. The lowest BCUT2D eigenvalue weighted by Crippen LogP contribution is -2.81. The first-order valence-electron chi connectivity index (χ1n) is 23.8. The van der Waals surface area contributed by atoms with Gasteiger partial charge in [-0.2, -0.15) is 0 Å². The van der Waals surface area contributed by atoms with Gasteiger partial charge in [-0.05, 0) is 37.9 Å². The first kappa shape index (κ1) is 46.8. The lowest BCUT2D eigenvalue weighted by atomic mass is 9.42. The number of carbonyl (C=O) groups excluding carboxylic acids is 2. The zero-order chi connectivity index (χ0) is 43.6. The van der Waals surface area contributed by atoms with Crippen LogP contribution in [0.3, 0.4) is 0 Å². The number of nitrogens with zero attached hydrogens (tertiary/aromatic N) is 1. The number of aliphatic hydroxyl groups excluding tert-OH is 2. The fourth-order valence-electron chi connectivity index (χ4n) is 14.8. The standard InChI is InChI=1S/C49H77NO11/c1-7-8-9-10-11-12-13-14-15-16-17-18-19-20-24-27-36(52)61-49-37-33(29-47(55,44(59-6)42(49)53)43(37)60-45(54)32-25-22-21-23-26-32)48-35(57-4)28-34(51)46(31-56-3)30-50(2)41(48)38(49)39(58-5)40(46)48/h21-23,25-26,33-35,37-44,51,53,55H,7-20,24,27-31H2,1-6H3/t33?,34-,35+,37?,38?,39?,40?,41?,42?,43?,44+,46-,47-,48+,49-/m1/s1. The molecule has 15 atom stereocenters. The third kappa shape index (κ3) is 7.62. The summed E-state index contributed by atoms with van der Waals surface area (Å²) in [5.74, 6) is -3.48. The van der Waals surface area contributed by atoms with E-state index < -0.39 is 88.3 Å². The molecule has 5 saturated carbocycles. The highest BCUT2D eigenvalue weighted by atomic mass is 16.6. The molecular weight excluding hydrogens is 779 g/mol. The molecule has 12 heteroatoms. The number of likely N-dealkylation sites (tertiary alicyclic amines) is 1. The summed E-state index contributed by atoms with van der Waals surface area (Å²) < 4.78 is 38.5. The number of unbranched alkanes of at least 4 members (excludes halogenated alkanes) is 14. The summed E-state index contributed by atoms with van der Waals surface area (Å²) in [6.07, 6.45) is 12.8. The van der Waals surface area contributed by atoms with Crippen molar-refractivity contribution >= 4 is 11.9 Å². The summed E-state index contributed by atoms with van der Waals surface area (Å²) in [6.45, 7) is 2.98. The fraction of sp³-hybridized carbons (Fsp3) is 0.837. The molecule has 7 rings (SSSR count).